The molecule has 0 saturated carbocycles. The van der Waals surface area contributed by atoms with Crippen molar-refractivity contribution >= 4 is 31.8 Å². The minimum absolute atomic E-state index is 0.147. The largest absolute Gasteiger partial charge is 0.338 e. The normalized spacial score (nSPS) is 15.7. The lowest BCUT2D eigenvalue weighted by Gasteiger charge is -2.35. The number of anilines is 1. The van der Waals surface area contributed by atoms with Gasteiger partial charge in [0.1, 0.15) is 6.54 Å². The number of sulfonamides is 1. The molecule has 0 aromatic heterocycles. The van der Waals surface area contributed by atoms with Crippen LogP contribution in [0, 0.1) is 6.92 Å². The molecule has 9 nitrogen and oxygen atoms in total. The Morgan fingerprint density at radius 2 is 1.44 bits per heavy atom. The van der Waals surface area contributed by atoms with Crippen LogP contribution in [0.15, 0.2) is 59.5 Å². The summed E-state index contributed by atoms with van der Waals surface area (Å²) in [6.07, 6.45) is 0. The maximum absolute atomic E-state index is 12.9. The number of nitrogens with zero attached hydrogens (tertiary/aromatic N) is 4. The molecule has 1 aliphatic heterocycles. The van der Waals surface area contributed by atoms with Gasteiger partial charge in [-0.25, -0.2) is 12.7 Å². The van der Waals surface area contributed by atoms with E-state index in [1.165, 1.54) is 23.3 Å². The zero-order valence-electron chi connectivity index (χ0n) is 18.4. The second-order valence-corrected chi connectivity index (χ2v) is 11.7. The summed E-state index contributed by atoms with van der Waals surface area (Å²) >= 11 is 0. The molecule has 11 heteroatoms. The third-order valence-electron chi connectivity index (χ3n) is 5.31. The zero-order chi connectivity index (χ0) is 23.5. The SMILES string of the molecule is Cc1ccc(S(=O)(=O)N2CCN(C(=O)CN(c3ccccc3)S(=O)(=O)N(C)C)CC2)cc1. The number of carbonyl (C=O) groups excluding carboxylic acids is 1. The summed E-state index contributed by atoms with van der Waals surface area (Å²) in [6.45, 7) is 2.19. The molecule has 1 amide bonds. The van der Waals surface area contributed by atoms with E-state index >= 15 is 0 Å². The third-order valence-corrected chi connectivity index (χ3v) is 9.05. The Morgan fingerprint density at radius 1 is 0.875 bits per heavy atom. The van der Waals surface area contributed by atoms with Gasteiger partial charge >= 0.3 is 10.2 Å². The molecule has 1 aliphatic rings. The van der Waals surface area contributed by atoms with Crippen molar-refractivity contribution in [3.8, 4) is 0 Å². The van der Waals surface area contributed by atoms with Gasteiger partial charge in [-0.05, 0) is 31.2 Å². The Hall–Kier alpha value is -2.47. The molecule has 0 spiro atoms. The van der Waals surface area contributed by atoms with E-state index in [0.717, 1.165) is 14.2 Å². The highest BCUT2D eigenvalue weighted by atomic mass is 32.2. The zero-order valence-corrected chi connectivity index (χ0v) is 20.0. The van der Waals surface area contributed by atoms with E-state index in [0.29, 0.717) is 5.69 Å². The first-order chi connectivity index (χ1) is 15.0. The van der Waals surface area contributed by atoms with Crippen LogP contribution in [0.3, 0.4) is 0 Å². The molecule has 0 N–H and O–H groups in total. The minimum Gasteiger partial charge on any atom is -0.338 e. The fraction of sp³-hybridized carbons (Fsp3) is 0.381. The Labute approximate surface area is 190 Å². The number of para-hydroxylation sites is 1. The van der Waals surface area contributed by atoms with Crippen molar-refractivity contribution in [1.29, 1.82) is 0 Å². The van der Waals surface area contributed by atoms with E-state index < -0.39 is 20.2 Å². The van der Waals surface area contributed by atoms with Crippen molar-refractivity contribution in [2.45, 2.75) is 11.8 Å². The van der Waals surface area contributed by atoms with Gasteiger partial charge in [-0.3, -0.25) is 4.79 Å². The Bertz CT molecular complexity index is 1140. The lowest BCUT2D eigenvalue weighted by Crippen LogP contribution is -2.53. The number of hydrogen-bond acceptors (Lipinski definition) is 5. The molecule has 0 aliphatic carbocycles. The lowest BCUT2D eigenvalue weighted by atomic mass is 10.2. The number of aryl methyl sites for hydroxylation is 1. The van der Waals surface area contributed by atoms with Crippen LogP contribution < -0.4 is 4.31 Å². The molecule has 0 atom stereocenters. The lowest BCUT2D eigenvalue weighted by molar-refractivity contribution is -0.130. The second-order valence-electron chi connectivity index (χ2n) is 7.73. The van der Waals surface area contributed by atoms with Crippen molar-refractivity contribution < 1.29 is 21.6 Å². The molecule has 0 radical (unpaired) electrons. The van der Waals surface area contributed by atoms with Gasteiger partial charge in [0, 0.05) is 40.3 Å². The minimum atomic E-state index is -3.89. The molecule has 2 aromatic rings. The van der Waals surface area contributed by atoms with Crippen LogP contribution in [0.4, 0.5) is 5.69 Å². The van der Waals surface area contributed by atoms with E-state index in [9.17, 15) is 21.6 Å². The van der Waals surface area contributed by atoms with Crippen molar-refractivity contribution in [1.82, 2.24) is 13.5 Å². The molecule has 1 saturated heterocycles. The first kappa shape index (κ1) is 24.2. The van der Waals surface area contributed by atoms with E-state index in [1.54, 1.807) is 54.6 Å². The van der Waals surface area contributed by atoms with E-state index in [-0.39, 0.29) is 43.5 Å². The summed E-state index contributed by atoms with van der Waals surface area (Å²) in [5, 5.41) is 0. The molecular weight excluding hydrogens is 452 g/mol. The van der Waals surface area contributed by atoms with Gasteiger partial charge in [-0.2, -0.15) is 17.0 Å². The van der Waals surface area contributed by atoms with Gasteiger partial charge in [-0.15, -0.1) is 0 Å². The average Bonchev–Trinajstić information content (AvgIpc) is 2.78. The quantitative estimate of drug-likeness (QED) is 0.592. The maximum atomic E-state index is 12.9. The highest BCUT2D eigenvalue weighted by Crippen LogP contribution is 2.21. The van der Waals surface area contributed by atoms with Gasteiger partial charge in [0.05, 0.1) is 10.6 Å². The maximum Gasteiger partial charge on any atom is 0.304 e. The highest BCUT2D eigenvalue weighted by molar-refractivity contribution is 7.90. The van der Waals surface area contributed by atoms with Crippen LogP contribution >= 0.6 is 0 Å². The Kier molecular flexibility index (Phi) is 7.23. The molecule has 0 bridgehead atoms. The molecule has 174 valence electrons. The van der Waals surface area contributed by atoms with Gasteiger partial charge in [0.2, 0.25) is 15.9 Å². The van der Waals surface area contributed by atoms with E-state index in [1.807, 2.05) is 6.92 Å². The summed E-state index contributed by atoms with van der Waals surface area (Å²) in [5.41, 5.74) is 1.35. The van der Waals surface area contributed by atoms with Gasteiger partial charge in [0.25, 0.3) is 0 Å². The summed E-state index contributed by atoms with van der Waals surface area (Å²) < 4.78 is 54.8. The fourth-order valence-corrected chi connectivity index (χ4v) is 5.84. The second kappa shape index (κ2) is 9.57. The van der Waals surface area contributed by atoms with Crippen LogP contribution in [0.25, 0.3) is 0 Å². The number of benzene rings is 2. The van der Waals surface area contributed by atoms with Crippen molar-refractivity contribution in [3.63, 3.8) is 0 Å². The van der Waals surface area contributed by atoms with Crippen molar-refractivity contribution in [2.75, 3.05) is 51.1 Å². The first-order valence-corrected chi connectivity index (χ1v) is 13.0. The van der Waals surface area contributed by atoms with Crippen molar-refractivity contribution in [2.24, 2.45) is 0 Å². The number of carbonyl (C=O) groups is 1. The summed E-state index contributed by atoms with van der Waals surface area (Å²) in [7, 11) is -4.72. The van der Waals surface area contributed by atoms with E-state index in [4.69, 9.17) is 0 Å². The van der Waals surface area contributed by atoms with Gasteiger partial charge in [-0.1, -0.05) is 35.9 Å². The van der Waals surface area contributed by atoms with Crippen LogP contribution in [0.1, 0.15) is 5.56 Å². The van der Waals surface area contributed by atoms with Crippen molar-refractivity contribution in [3.05, 3.63) is 60.2 Å². The predicted molar refractivity (Wildman–Crippen MR) is 123 cm³/mol. The number of amides is 1. The summed E-state index contributed by atoms with van der Waals surface area (Å²) in [6, 6.07) is 15.1. The molecule has 3 rings (SSSR count). The van der Waals surface area contributed by atoms with Crippen LogP contribution in [0.5, 0.6) is 0 Å². The third kappa shape index (κ3) is 5.12. The smallest absolute Gasteiger partial charge is 0.304 e. The molecule has 32 heavy (non-hydrogen) atoms. The van der Waals surface area contributed by atoms with Crippen LogP contribution in [0.2, 0.25) is 0 Å². The fourth-order valence-electron chi connectivity index (χ4n) is 3.36. The summed E-state index contributed by atoms with van der Waals surface area (Å²) in [4.78, 5) is 14.7. The van der Waals surface area contributed by atoms with Crippen LogP contribution in [-0.2, 0) is 25.0 Å². The average molecular weight is 481 g/mol. The number of rotatable bonds is 7. The molecule has 1 heterocycles. The number of piperazine rings is 1. The Balaban J connectivity index is 1.71. The molecule has 2 aromatic carbocycles. The molecular formula is C21H28N4O5S2. The van der Waals surface area contributed by atoms with Gasteiger partial charge < -0.3 is 4.90 Å². The number of hydrogen-bond donors (Lipinski definition) is 0. The molecule has 0 unspecified atom stereocenters. The monoisotopic (exact) mass is 480 g/mol. The standard InChI is InChI=1S/C21H28N4O5S2/c1-18-9-11-20(12-10-18)31(27,28)24-15-13-23(14-16-24)21(26)17-25(32(29,30)22(2)3)19-7-5-4-6-8-19/h4-12H,13-17H2,1-3H3. The predicted octanol–water partition coefficient (Wildman–Crippen LogP) is 1.14. The highest BCUT2D eigenvalue weighted by Gasteiger charge is 2.33. The summed E-state index contributed by atoms with van der Waals surface area (Å²) in [5.74, 6) is -0.383. The van der Waals surface area contributed by atoms with Gasteiger partial charge in [0.15, 0.2) is 0 Å². The Morgan fingerprint density at radius 3 is 1.97 bits per heavy atom. The van der Waals surface area contributed by atoms with Crippen LogP contribution in [-0.4, -0.2) is 83.1 Å². The molecule has 1 fully saturated rings. The first-order valence-electron chi connectivity index (χ1n) is 10.1. The topological polar surface area (TPSA) is 98.3 Å². The van der Waals surface area contributed by atoms with E-state index in [2.05, 4.69) is 0 Å².